The van der Waals surface area contributed by atoms with E-state index in [0.29, 0.717) is 0 Å². The van der Waals surface area contributed by atoms with E-state index in [0.717, 1.165) is 10.6 Å². The predicted octanol–water partition coefficient (Wildman–Crippen LogP) is 2.31. The molecule has 1 unspecified atom stereocenters. The Kier molecular flexibility index (Phi) is 4.91. The van der Waals surface area contributed by atoms with Crippen molar-refractivity contribution in [3.8, 4) is 0 Å². The van der Waals surface area contributed by atoms with Gasteiger partial charge in [0, 0.05) is 0 Å². The van der Waals surface area contributed by atoms with E-state index in [-0.39, 0.29) is 0 Å². The fourth-order valence-corrected chi connectivity index (χ4v) is 0.553. The van der Waals surface area contributed by atoms with Gasteiger partial charge in [-0.15, -0.1) is 0 Å². The van der Waals surface area contributed by atoms with Crippen molar-refractivity contribution in [2.45, 2.75) is 24.5 Å². The standard InChI is InChI=1S/C6H11.Ti/c1-3-5-6-4-2;/h3,5-6H,4H2,1-2H3;. The third kappa shape index (κ3) is 6.45. The summed E-state index contributed by atoms with van der Waals surface area (Å²) in [6, 6.07) is 0. The molecule has 0 nitrogen and oxygen atoms in total. The summed E-state index contributed by atoms with van der Waals surface area (Å²) in [4.78, 5) is 0. The quantitative estimate of drug-likeness (QED) is 0.398. The normalized spacial score (nSPS) is 15.0. The van der Waals surface area contributed by atoms with Crippen LogP contribution < -0.4 is 0 Å². The zero-order valence-corrected chi connectivity index (χ0v) is 6.50. The molecule has 0 aliphatic rings. The molecule has 0 saturated heterocycles. The molecule has 0 heterocycles. The van der Waals surface area contributed by atoms with Crippen LogP contribution in [0, 0.1) is 0 Å². The van der Waals surface area contributed by atoms with Gasteiger partial charge in [0.05, 0.1) is 0 Å². The topological polar surface area (TPSA) is 0 Å². The molecular formula is C6H11Ti. The van der Waals surface area contributed by atoms with Crippen molar-refractivity contribution in [3.63, 3.8) is 0 Å². The molecule has 1 heteroatoms. The van der Waals surface area contributed by atoms with Crippen LogP contribution in [0.4, 0.5) is 0 Å². The molecular weight excluding hydrogens is 120 g/mol. The van der Waals surface area contributed by atoms with E-state index in [9.17, 15) is 0 Å². The molecule has 0 aromatic rings. The Balaban J connectivity index is 3.08. The zero-order valence-electron chi connectivity index (χ0n) is 4.94. The van der Waals surface area contributed by atoms with Gasteiger partial charge in [0.1, 0.15) is 0 Å². The van der Waals surface area contributed by atoms with Gasteiger partial charge in [-0.05, 0) is 0 Å². The average molecular weight is 131 g/mol. The molecule has 0 aliphatic heterocycles. The van der Waals surface area contributed by atoms with E-state index >= 15 is 0 Å². The maximum atomic E-state index is 2.22. The molecule has 0 bridgehead atoms. The second-order valence-corrected chi connectivity index (χ2v) is 3.05. The zero-order chi connectivity index (χ0) is 5.70. The van der Waals surface area contributed by atoms with Gasteiger partial charge in [-0.2, -0.15) is 0 Å². The summed E-state index contributed by atoms with van der Waals surface area (Å²) in [5.41, 5.74) is 0. The summed E-state index contributed by atoms with van der Waals surface area (Å²) in [5, 5.41) is 0. The van der Waals surface area contributed by atoms with Gasteiger partial charge < -0.3 is 0 Å². The van der Waals surface area contributed by atoms with Gasteiger partial charge >= 0.3 is 57.1 Å². The van der Waals surface area contributed by atoms with Crippen LogP contribution in [0.5, 0.6) is 0 Å². The van der Waals surface area contributed by atoms with Crippen LogP contribution in [0.25, 0.3) is 0 Å². The Bertz CT molecular complexity index is 55.2. The van der Waals surface area contributed by atoms with Crippen LogP contribution in [0.1, 0.15) is 20.3 Å². The van der Waals surface area contributed by atoms with E-state index < -0.39 is 0 Å². The number of allylic oxidation sites excluding steroid dienone is 2. The summed E-state index contributed by atoms with van der Waals surface area (Å²) < 4.78 is 0.722. The summed E-state index contributed by atoms with van der Waals surface area (Å²) in [7, 11) is 0. The third-order valence-electron chi connectivity index (χ3n) is 0.660. The molecule has 0 spiro atoms. The van der Waals surface area contributed by atoms with Gasteiger partial charge in [0.25, 0.3) is 0 Å². The Labute approximate surface area is 57.4 Å². The average Bonchev–Trinajstić information content (AvgIpc) is 1.61. The summed E-state index contributed by atoms with van der Waals surface area (Å²) in [6.45, 7) is 4.34. The van der Waals surface area contributed by atoms with Crippen LogP contribution in [-0.4, -0.2) is 0 Å². The Morgan fingerprint density at radius 3 is 2.43 bits per heavy atom. The number of hydrogen-bond donors (Lipinski definition) is 0. The minimum absolute atomic E-state index is 0.722. The van der Waals surface area contributed by atoms with Crippen molar-refractivity contribution in [2.75, 3.05) is 0 Å². The molecule has 0 saturated carbocycles. The Hall–Kier alpha value is 0.454. The van der Waals surface area contributed by atoms with E-state index in [1.54, 1.807) is 0 Å². The van der Waals surface area contributed by atoms with Gasteiger partial charge in [-0.3, -0.25) is 0 Å². The van der Waals surface area contributed by atoms with Crippen LogP contribution in [0.3, 0.4) is 0 Å². The third-order valence-corrected chi connectivity index (χ3v) is 0.961. The Morgan fingerprint density at radius 1 is 1.71 bits per heavy atom. The van der Waals surface area contributed by atoms with Crippen molar-refractivity contribution in [1.29, 1.82) is 0 Å². The van der Waals surface area contributed by atoms with Crippen LogP contribution in [-0.2, 0) is 20.4 Å². The molecule has 0 aromatic carbocycles. The van der Waals surface area contributed by atoms with E-state index in [1.165, 1.54) is 0 Å². The van der Waals surface area contributed by atoms with E-state index in [2.05, 4.69) is 46.4 Å². The van der Waals surface area contributed by atoms with Crippen LogP contribution in [0.2, 0.25) is 4.22 Å². The van der Waals surface area contributed by atoms with E-state index in [4.69, 9.17) is 0 Å². The van der Waals surface area contributed by atoms with Crippen molar-refractivity contribution < 1.29 is 20.4 Å². The molecule has 0 fully saturated rings. The molecule has 0 aromatic heterocycles. The molecule has 7 heavy (non-hydrogen) atoms. The first-order chi connectivity index (χ1) is 3.27. The summed E-state index contributed by atoms with van der Waals surface area (Å²) in [6.07, 6.45) is 5.59. The van der Waals surface area contributed by atoms with Crippen molar-refractivity contribution in [3.05, 3.63) is 12.2 Å². The minimum atomic E-state index is 0.722. The van der Waals surface area contributed by atoms with Crippen LogP contribution in [0.15, 0.2) is 12.2 Å². The molecule has 0 radical (unpaired) electrons. The molecule has 1 atom stereocenters. The van der Waals surface area contributed by atoms with Crippen LogP contribution >= 0.6 is 0 Å². The second kappa shape index (κ2) is 4.61. The molecule has 0 N–H and O–H groups in total. The van der Waals surface area contributed by atoms with Crippen molar-refractivity contribution >= 4 is 0 Å². The Morgan fingerprint density at radius 2 is 2.29 bits per heavy atom. The van der Waals surface area contributed by atoms with E-state index in [1.807, 2.05) is 0 Å². The first-order valence-corrected chi connectivity index (χ1v) is 3.55. The SMILES string of the molecule is CCC=C[CH](C)[Ti]. The number of rotatable bonds is 2. The predicted molar refractivity (Wildman–Crippen MR) is 28.9 cm³/mol. The fraction of sp³-hybridized carbons (Fsp3) is 0.667. The molecule has 0 aliphatic carbocycles. The molecule has 0 amide bonds. The number of hydrogen-bond acceptors (Lipinski definition) is 0. The summed E-state index contributed by atoms with van der Waals surface area (Å²) in [5.74, 6) is 0. The molecule has 0 rings (SSSR count). The first-order valence-electron chi connectivity index (χ1n) is 2.65. The van der Waals surface area contributed by atoms with Gasteiger partial charge in [-0.1, -0.05) is 0 Å². The van der Waals surface area contributed by atoms with Crippen molar-refractivity contribution in [2.24, 2.45) is 0 Å². The van der Waals surface area contributed by atoms with Crippen molar-refractivity contribution in [1.82, 2.24) is 0 Å². The first kappa shape index (κ1) is 7.45. The summed E-state index contributed by atoms with van der Waals surface area (Å²) >= 11 is 2.19. The monoisotopic (exact) mass is 131 g/mol. The van der Waals surface area contributed by atoms with Gasteiger partial charge in [0.15, 0.2) is 0 Å². The fourth-order valence-electron chi connectivity index (χ4n) is 0.340. The van der Waals surface area contributed by atoms with Gasteiger partial charge in [0.2, 0.25) is 0 Å². The molecule has 39 valence electrons. The maximum absolute atomic E-state index is 2.22. The second-order valence-electron chi connectivity index (χ2n) is 1.63. The van der Waals surface area contributed by atoms with Gasteiger partial charge in [-0.25, -0.2) is 0 Å².